The molecule has 5 nitrogen and oxygen atoms in total. The lowest BCUT2D eigenvalue weighted by atomic mass is 10.1. The lowest BCUT2D eigenvalue weighted by Gasteiger charge is -2.34. The Morgan fingerprint density at radius 2 is 1.82 bits per heavy atom. The third-order valence-electron chi connectivity index (χ3n) is 3.86. The molecule has 0 aliphatic carbocycles. The van der Waals surface area contributed by atoms with Crippen molar-refractivity contribution in [2.75, 3.05) is 32.7 Å². The number of hydrogen-bond acceptors (Lipinski definition) is 3. The maximum Gasteiger partial charge on any atom is 0.307 e. The van der Waals surface area contributed by atoms with Crippen LogP contribution in [0, 0.1) is 5.92 Å². The molecule has 1 atom stereocenters. The molecule has 1 amide bonds. The molecule has 1 N–H and O–H groups in total. The van der Waals surface area contributed by atoms with E-state index >= 15 is 0 Å². The average Bonchev–Trinajstić information content (AvgIpc) is 2.54. The van der Waals surface area contributed by atoms with Crippen molar-refractivity contribution in [1.82, 2.24) is 9.80 Å². The predicted molar refractivity (Wildman–Crippen MR) is 85.3 cm³/mol. The van der Waals surface area contributed by atoms with Crippen LogP contribution < -0.4 is 0 Å². The van der Waals surface area contributed by atoms with Gasteiger partial charge in [-0.15, -0.1) is 0 Å². The number of carbonyl (C=O) groups is 2. The van der Waals surface area contributed by atoms with Crippen LogP contribution in [0.2, 0.25) is 0 Å². The molecule has 1 aromatic rings. The predicted octanol–water partition coefficient (Wildman–Crippen LogP) is 1.56. The Bertz CT molecular complexity index is 534. The van der Waals surface area contributed by atoms with Crippen LogP contribution in [-0.2, 0) is 9.59 Å². The Morgan fingerprint density at radius 3 is 2.41 bits per heavy atom. The standard InChI is InChI=1S/C17H22N2O3/c1-14(17(21)22)13-18-9-11-19(12-10-18)16(20)8-7-15-5-3-2-4-6-15/h2-8,14H,9-13H2,1H3,(H,21,22)/b8-7+. The fourth-order valence-corrected chi connectivity index (χ4v) is 2.45. The van der Waals surface area contributed by atoms with Gasteiger partial charge in [0.1, 0.15) is 0 Å². The van der Waals surface area contributed by atoms with Gasteiger partial charge in [0.15, 0.2) is 0 Å². The lowest BCUT2D eigenvalue weighted by molar-refractivity contribution is -0.142. The fraction of sp³-hybridized carbons (Fsp3) is 0.412. The van der Waals surface area contributed by atoms with Crippen LogP contribution in [0.3, 0.4) is 0 Å². The first-order valence-corrected chi connectivity index (χ1v) is 7.53. The molecule has 0 aromatic heterocycles. The van der Waals surface area contributed by atoms with Crippen LogP contribution in [0.1, 0.15) is 12.5 Å². The summed E-state index contributed by atoms with van der Waals surface area (Å²) in [5.41, 5.74) is 1.00. The van der Waals surface area contributed by atoms with Gasteiger partial charge < -0.3 is 10.0 Å². The number of hydrogen-bond donors (Lipinski definition) is 1. The number of amides is 1. The minimum atomic E-state index is -0.774. The van der Waals surface area contributed by atoms with Gasteiger partial charge in [0.25, 0.3) is 0 Å². The Kier molecular flexibility index (Phi) is 5.72. The molecule has 1 fully saturated rings. The van der Waals surface area contributed by atoms with Gasteiger partial charge in [0.05, 0.1) is 5.92 Å². The summed E-state index contributed by atoms with van der Waals surface area (Å²) in [4.78, 5) is 26.9. The number of carboxylic acid groups (broad SMARTS) is 1. The van der Waals surface area contributed by atoms with E-state index in [9.17, 15) is 9.59 Å². The average molecular weight is 302 g/mol. The number of nitrogens with zero attached hydrogens (tertiary/aromatic N) is 2. The smallest absolute Gasteiger partial charge is 0.307 e. The van der Waals surface area contributed by atoms with Gasteiger partial charge in [0.2, 0.25) is 5.91 Å². The van der Waals surface area contributed by atoms with E-state index in [0.717, 1.165) is 18.7 Å². The number of carbonyl (C=O) groups excluding carboxylic acids is 1. The molecule has 1 saturated heterocycles. The van der Waals surface area contributed by atoms with E-state index in [4.69, 9.17) is 5.11 Å². The summed E-state index contributed by atoms with van der Waals surface area (Å²) in [6, 6.07) is 9.72. The molecule has 5 heteroatoms. The third kappa shape index (κ3) is 4.70. The molecule has 0 bridgehead atoms. The van der Waals surface area contributed by atoms with Gasteiger partial charge in [0, 0.05) is 38.8 Å². The first kappa shape index (κ1) is 16.2. The Hall–Kier alpha value is -2.14. The van der Waals surface area contributed by atoms with Crippen molar-refractivity contribution in [3.8, 4) is 0 Å². The molecule has 1 aliphatic rings. The second kappa shape index (κ2) is 7.75. The minimum absolute atomic E-state index is 0.00906. The highest BCUT2D eigenvalue weighted by Gasteiger charge is 2.22. The van der Waals surface area contributed by atoms with Gasteiger partial charge >= 0.3 is 5.97 Å². The largest absolute Gasteiger partial charge is 0.481 e. The van der Waals surface area contributed by atoms with Gasteiger partial charge in [-0.3, -0.25) is 14.5 Å². The highest BCUT2D eigenvalue weighted by atomic mass is 16.4. The summed E-state index contributed by atoms with van der Waals surface area (Å²) < 4.78 is 0. The van der Waals surface area contributed by atoms with E-state index in [1.807, 2.05) is 36.4 Å². The Morgan fingerprint density at radius 1 is 1.18 bits per heavy atom. The molecule has 1 aliphatic heterocycles. The van der Waals surface area contributed by atoms with Crippen molar-refractivity contribution < 1.29 is 14.7 Å². The van der Waals surface area contributed by atoms with Gasteiger partial charge in [-0.25, -0.2) is 0 Å². The van der Waals surface area contributed by atoms with E-state index in [0.29, 0.717) is 19.6 Å². The van der Waals surface area contributed by atoms with Crippen LogP contribution in [0.25, 0.3) is 6.08 Å². The second-order valence-electron chi connectivity index (χ2n) is 5.61. The van der Waals surface area contributed by atoms with Crippen LogP contribution in [-0.4, -0.2) is 59.5 Å². The maximum absolute atomic E-state index is 12.1. The van der Waals surface area contributed by atoms with E-state index in [2.05, 4.69) is 4.90 Å². The van der Waals surface area contributed by atoms with Crippen LogP contribution >= 0.6 is 0 Å². The second-order valence-corrected chi connectivity index (χ2v) is 5.61. The first-order chi connectivity index (χ1) is 10.6. The summed E-state index contributed by atoms with van der Waals surface area (Å²) in [6.45, 7) is 4.99. The summed E-state index contributed by atoms with van der Waals surface area (Å²) in [5.74, 6) is -1.14. The van der Waals surface area contributed by atoms with Crippen molar-refractivity contribution in [2.45, 2.75) is 6.92 Å². The van der Waals surface area contributed by atoms with Crippen LogP contribution in [0.5, 0.6) is 0 Å². The van der Waals surface area contributed by atoms with E-state index in [1.54, 1.807) is 17.9 Å². The van der Waals surface area contributed by atoms with Gasteiger partial charge in [-0.1, -0.05) is 37.3 Å². The fourth-order valence-electron chi connectivity index (χ4n) is 2.45. The molecule has 1 aromatic carbocycles. The maximum atomic E-state index is 12.1. The lowest BCUT2D eigenvalue weighted by Crippen LogP contribution is -2.49. The molecule has 1 unspecified atom stereocenters. The Balaban J connectivity index is 1.80. The SMILES string of the molecule is CC(CN1CCN(C(=O)/C=C/c2ccccc2)CC1)C(=O)O. The molecule has 0 spiro atoms. The molecule has 1 heterocycles. The van der Waals surface area contributed by atoms with Crippen molar-refractivity contribution >= 4 is 18.0 Å². The zero-order valence-corrected chi connectivity index (χ0v) is 12.8. The van der Waals surface area contributed by atoms with Crippen LogP contribution in [0.4, 0.5) is 0 Å². The number of rotatable bonds is 5. The van der Waals surface area contributed by atoms with Gasteiger partial charge in [-0.2, -0.15) is 0 Å². The normalized spacial score (nSPS) is 17.6. The molecule has 0 saturated carbocycles. The Labute approximate surface area is 130 Å². The quantitative estimate of drug-likeness (QED) is 0.839. The van der Waals surface area contributed by atoms with Crippen LogP contribution in [0.15, 0.2) is 36.4 Å². The number of aliphatic carboxylic acids is 1. The molecular formula is C17H22N2O3. The summed E-state index contributed by atoms with van der Waals surface area (Å²) >= 11 is 0. The van der Waals surface area contributed by atoms with Crippen molar-refractivity contribution in [1.29, 1.82) is 0 Å². The highest BCUT2D eigenvalue weighted by Crippen LogP contribution is 2.08. The van der Waals surface area contributed by atoms with Crippen molar-refractivity contribution in [3.63, 3.8) is 0 Å². The third-order valence-corrected chi connectivity index (χ3v) is 3.86. The van der Waals surface area contributed by atoms with E-state index < -0.39 is 5.97 Å². The van der Waals surface area contributed by atoms with E-state index in [-0.39, 0.29) is 11.8 Å². The molecule has 22 heavy (non-hydrogen) atoms. The summed E-state index contributed by atoms with van der Waals surface area (Å²) in [7, 11) is 0. The number of piperazine rings is 1. The molecule has 0 radical (unpaired) electrons. The van der Waals surface area contributed by atoms with Gasteiger partial charge in [-0.05, 0) is 11.6 Å². The van der Waals surface area contributed by atoms with Crippen molar-refractivity contribution in [3.05, 3.63) is 42.0 Å². The molecule has 118 valence electrons. The van der Waals surface area contributed by atoms with E-state index in [1.165, 1.54) is 0 Å². The summed E-state index contributed by atoms with van der Waals surface area (Å²) in [6.07, 6.45) is 3.42. The molecular weight excluding hydrogens is 280 g/mol. The highest BCUT2D eigenvalue weighted by molar-refractivity contribution is 5.91. The number of carboxylic acids is 1. The van der Waals surface area contributed by atoms with Crippen molar-refractivity contribution in [2.24, 2.45) is 5.92 Å². The monoisotopic (exact) mass is 302 g/mol. The molecule has 2 rings (SSSR count). The number of benzene rings is 1. The zero-order valence-electron chi connectivity index (χ0n) is 12.8. The topological polar surface area (TPSA) is 60.9 Å². The first-order valence-electron chi connectivity index (χ1n) is 7.53. The summed E-state index contributed by atoms with van der Waals surface area (Å²) in [5, 5.41) is 8.93. The minimum Gasteiger partial charge on any atom is -0.481 e. The zero-order chi connectivity index (χ0) is 15.9.